The highest BCUT2D eigenvalue weighted by Crippen LogP contribution is 2.31. The summed E-state index contributed by atoms with van der Waals surface area (Å²) >= 11 is 0. The van der Waals surface area contributed by atoms with Gasteiger partial charge in [0.05, 0.1) is 5.56 Å². The minimum atomic E-state index is -3.69. The molecule has 0 aliphatic carbocycles. The zero-order valence-corrected chi connectivity index (χ0v) is 10.3. The Hall–Kier alpha value is -1.56. The second kappa shape index (κ2) is 4.03. The van der Waals surface area contributed by atoms with Crippen molar-refractivity contribution in [2.45, 2.75) is 24.7 Å². The van der Waals surface area contributed by atoms with Gasteiger partial charge in [0.25, 0.3) is 15.9 Å². The first-order valence-corrected chi connectivity index (χ1v) is 6.89. The molecule has 1 aliphatic rings. The summed E-state index contributed by atoms with van der Waals surface area (Å²) in [6.45, 7) is 2.17. The molecule has 0 bridgehead atoms. The van der Waals surface area contributed by atoms with Gasteiger partial charge in [0.1, 0.15) is 4.90 Å². The quantitative estimate of drug-likeness (QED) is 0.822. The van der Waals surface area contributed by atoms with Crippen LogP contribution in [0.25, 0.3) is 0 Å². The zero-order valence-electron chi connectivity index (χ0n) is 9.51. The lowest BCUT2D eigenvalue weighted by Gasteiger charge is -2.13. The van der Waals surface area contributed by atoms with E-state index in [9.17, 15) is 13.2 Å². The highest BCUT2D eigenvalue weighted by atomic mass is 32.2. The minimum Gasteiger partial charge on any atom is -0.399 e. The third kappa shape index (κ3) is 1.78. The lowest BCUT2D eigenvalue weighted by Crippen LogP contribution is -2.30. The SMILES string of the molecule is CCCCN1C(=O)c2ccc(N)cc2S1(=O)=O. The maximum Gasteiger partial charge on any atom is 0.269 e. The van der Waals surface area contributed by atoms with Gasteiger partial charge >= 0.3 is 0 Å². The molecule has 0 saturated heterocycles. The zero-order chi connectivity index (χ0) is 12.6. The van der Waals surface area contributed by atoms with Crippen molar-refractivity contribution in [1.82, 2.24) is 4.31 Å². The normalized spacial score (nSPS) is 17.2. The van der Waals surface area contributed by atoms with Crippen LogP contribution < -0.4 is 5.73 Å². The molecule has 6 heteroatoms. The molecular weight excluding hydrogens is 240 g/mol. The number of nitrogens with two attached hydrogens (primary N) is 1. The number of hydrogen-bond donors (Lipinski definition) is 1. The van der Waals surface area contributed by atoms with E-state index < -0.39 is 15.9 Å². The van der Waals surface area contributed by atoms with Crippen LogP contribution in [0.3, 0.4) is 0 Å². The van der Waals surface area contributed by atoms with Gasteiger partial charge in [-0.25, -0.2) is 12.7 Å². The Kier molecular flexibility index (Phi) is 2.82. The van der Waals surface area contributed by atoms with Gasteiger partial charge < -0.3 is 5.73 Å². The molecule has 0 radical (unpaired) electrons. The highest BCUT2D eigenvalue weighted by molar-refractivity contribution is 7.90. The lowest BCUT2D eigenvalue weighted by atomic mass is 10.2. The van der Waals surface area contributed by atoms with Gasteiger partial charge in [0.15, 0.2) is 0 Å². The van der Waals surface area contributed by atoms with Crippen molar-refractivity contribution in [3.05, 3.63) is 23.8 Å². The lowest BCUT2D eigenvalue weighted by molar-refractivity contribution is 0.0870. The fourth-order valence-corrected chi connectivity index (χ4v) is 3.46. The second-order valence-electron chi connectivity index (χ2n) is 3.99. The topological polar surface area (TPSA) is 80.5 Å². The molecule has 0 spiro atoms. The first kappa shape index (κ1) is 11.9. The maximum absolute atomic E-state index is 12.1. The fourth-order valence-electron chi connectivity index (χ4n) is 1.81. The number of hydrogen-bond acceptors (Lipinski definition) is 4. The van der Waals surface area contributed by atoms with Crippen LogP contribution in [-0.2, 0) is 10.0 Å². The molecule has 0 unspecified atom stereocenters. The number of unbranched alkanes of at least 4 members (excludes halogenated alkanes) is 1. The summed E-state index contributed by atoms with van der Waals surface area (Å²) in [6, 6.07) is 4.35. The van der Waals surface area contributed by atoms with Crippen molar-refractivity contribution in [3.63, 3.8) is 0 Å². The van der Waals surface area contributed by atoms with Crippen molar-refractivity contribution in [1.29, 1.82) is 0 Å². The molecule has 0 fully saturated rings. The smallest absolute Gasteiger partial charge is 0.269 e. The third-order valence-corrected chi connectivity index (χ3v) is 4.57. The Bertz CT molecular complexity index is 566. The molecule has 17 heavy (non-hydrogen) atoms. The predicted molar refractivity (Wildman–Crippen MR) is 64.0 cm³/mol. The van der Waals surface area contributed by atoms with Gasteiger partial charge in [-0.2, -0.15) is 0 Å². The summed E-state index contributed by atoms with van der Waals surface area (Å²) in [7, 11) is -3.69. The van der Waals surface area contributed by atoms with E-state index in [-0.39, 0.29) is 17.0 Å². The Balaban J connectivity index is 2.49. The number of carbonyl (C=O) groups excluding carboxylic acids is 1. The minimum absolute atomic E-state index is 0.0265. The van der Waals surface area contributed by atoms with E-state index in [0.717, 1.165) is 10.7 Å². The summed E-state index contributed by atoms with van der Waals surface area (Å²) in [5.41, 5.74) is 6.11. The fraction of sp³-hybridized carbons (Fsp3) is 0.364. The standard InChI is InChI=1S/C11H14N2O3S/c1-2-3-6-13-11(14)9-5-4-8(12)7-10(9)17(13,15)16/h4-5,7H,2-3,6,12H2,1H3. The number of nitrogens with zero attached hydrogens (tertiary/aromatic N) is 1. The summed E-state index contributed by atoms with van der Waals surface area (Å²) in [5, 5.41) is 0. The Labute approximate surface area is 100 Å². The maximum atomic E-state index is 12.1. The average Bonchev–Trinajstić information content (AvgIpc) is 2.45. The molecule has 1 aromatic rings. The van der Waals surface area contributed by atoms with Crippen LogP contribution in [0.5, 0.6) is 0 Å². The molecule has 0 aromatic heterocycles. The van der Waals surface area contributed by atoms with Crippen molar-refractivity contribution in [2.24, 2.45) is 0 Å². The van der Waals surface area contributed by atoms with E-state index >= 15 is 0 Å². The molecule has 0 saturated carbocycles. The summed E-state index contributed by atoms with van der Waals surface area (Å²) < 4.78 is 25.1. The van der Waals surface area contributed by atoms with Crippen molar-refractivity contribution in [3.8, 4) is 0 Å². The molecule has 1 amide bonds. The molecule has 0 atom stereocenters. The summed E-state index contributed by atoms with van der Waals surface area (Å²) in [6.07, 6.45) is 1.49. The van der Waals surface area contributed by atoms with Crippen LogP contribution in [-0.4, -0.2) is 25.2 Å². The van der Waals surface area contributed by atoms with Crippen molar-refractivity contribution >= 4 is 21.6 Å². The van der Waals surface area contributed by atoms with E-state index in [1.807, 2.05) is 6.92 Å². The molecule has 2 rings (SSSR count). The van der Waals surface area contributed by atoms with Crippen LogP contribution >= 0.6 is 0 Å². The van der Waals surface area contributed by atoms with Crippen LogP contribution in [0.2, 0.25) is 0 Å². The number of benzene rings is 1. The molecule has 92 valence electrons. The summed E-state index contributed by atoms with van der Waals surface area (Å²) in [5.74, 6) is -0.451. The third-order valence-electron chi connectivity index (χ3n) is 2.75. The van der Waals surface area contributed by atoms with Crippen LogP contribution in [0.15, 0.2) is 23.1 Å². The molecule has 1 aromatic carbocycles. The highest BCUT2D eigenvalue weighted by Gasteiger charge is 2.40. The largest absolute Gasteiger partial charge is 0.399 e. The van der Waals surface area contributed by atoms with Gasteiger partial charge in [-0.1, -0.05) is 13.3 Å². The number of fused-ring (bicyclic) bond motifs is 1. The second-order valence-corrected chi connectivity index (χ2v) is 5.82. The molecule has 5 nitrogen and oxygen atoms in total. The molecular formula is C11H14N2O3S. The van der Waals surface area contributed by atoms with Gasteiger partial charge in [-0.05, 0) is 24.6 Å². The molecule has 2 N–H and O–H groups in total. The predicted octanol–water partition coefficient (Wildman–Crippen LogP) is 1.21. The van der Waals surface area contributed by atoms with E-state index in [4.69, 9.17) is 5.73 Å². The number of sulfonamides is 1. The Morgan fingerprint density at radius 1 is 1.35 bits per heavy atom. The number of amides is 1. The van der Waals surface area contributed by atoms with Crippen molar-refractivity contribution in [2.75, 3.05) is 12.3 Å². The van der Waals surface area contributed by atoms with Gasteiger partial charge in [-0.15, -0.1) is 0 Å². The number of nitrogen functional groups attached to an aromatic ring is 1. The number of anilines is 1. The van der Waals surface area contributed by atoms with Crippen LogP contribution in [0.1, 0.15) is 30.1 Å². The average molecular weight is 254 g/mol. The molecule has 1 heterocycles. The molecule has 1 aliphatic heterocycles. The van der Waals surface area contributed by atoms with E-state index in [1.54, 1.807) is 0 Å². The van der Waals surface area contributed by atoms with Gasteiger partial charge in [0.2, 0.25) is 0 Å². The van der Waals surface area contributed by atoms with Crippen LogP contribution in [0.4, 0.5) is 5.69 Å². The monoisotopic (exact) mass is 254 g/mol. The first-order chi connectivity index (χ1) is 7.98. The van der Waals surface area contributed by atoms with Gasteiger partial charge in [-0.3, -0.25) is 4.79 Å². The number of carbonyl (C=O) groups is 1. The number of rotatable bonds is 3. The Morgan fingerprint density at radius 2 is 2.06 bits per heavy atom. The van der Waals surface area contributed by atoms with E-state index in [1.165, 1.54) is 18.2 Å². The van der Waals surface area contributed by atoms with Crippen molar-refractivity contribution < 1.29 is 13.2 Å². The summed E-state index contributed by atoms with van der Waals surface area (Å²) in [4.78, 5) is 12.0. The van der Waals surface area contributed by atoms with E-state index in [0.29, 0.717) is 12.1 Å². The first-order valence-electron chi connectivity index (χ1n) is 5.45. The Morgan fingerprint density at radius 3 is 2.71 bits per heavy atom. The van der Waals surface area contributed by atoms with E-state index in [2.05, 4.69) is 0 Å². The van der Waals surface area contributed by atoms with Gasteiger partial charge in [0, 0.05) is 12.2 Å². The van der Waals surface area contributed by atoms with Crippen LogP contribution in [0, 0.1) is 0 Å².